The van der Waals surface area contributed by atoms with Crippen LogP contribution in [-0.4, -0.2) is 30.6 Å². The molecule has 2 heterocycles. The van der Waals surface area contributed by atoms with Gasteiger partial charge in [-0.3, -0.25) is 9.59 Å². The van der Waals surface area contributed by atoms with E-state index in [1.54, 1.807) is 30.3 Å². The second-order valence-electron chi connectivity index (χ2n) is 8.08. The summed E-state index contributed by atoms with van der Waals surface area (Å²) in [5.74, 6) is 0.425. The Morgan fingerprint density at radius 2 is 1.88 bits per heavy atom. The van der Waals surface area contributed by atoms with Gasteiger partial charge >= 0.3 is 0 Å². The molecule has 2 N–H and O–H groups in total. The minimum Gasteiger partial charge on any atom is -0.342 e. The maximum atomic E-state index is 14.1. The van der Waals surface area contributed by atoms with Crippen LogP contribution in [0, 0.1) is 11.7 Å². The van der Waals surface area contributed by atoms with Gasteiger partial charge in [0.2, 0.25) is 0 Å². The number of nitrogens with zero attached hydrogens (tertiary/aromatic N) is 4. The van der Waals surface area contributed by atoms with E-state index in [-0.39, 0.29) is 17.0 Å². The van der Waals surface area contributed by atoms with E-state index in [0.29, 0.717) is 40.0 Å². The highest BCUT2D eigenvalue weighted by atomic mass is 32.2. The van der Waals surface area contributed by atoms with Crippen molar-refractivity contribution in [2.45, 2.75) is 44.3 Å². The Bertz CT molecular complexity index is 1380. The van der Waals surface area contributed by atoms with E-state index in [2.05, 4.69) is 25.5 Å². The molecular weight excluding hydrogens is 455 g/mol. The monoisotopic (exact) mass is 480 g/mol. The topological polar surface area (TPSA) is 106 Å². The third-order valence-electron chi connectivity index (χ3n) is 5.41. The van der Waals surface area contributed by atoms with E-state index in [0.717, 1.165) is 0 Å². The van der Waals surface area contributed by atoms with Crippen LogP contribution in [0.3, 0.4) is 0 Å². The van der Waals surface area contributed by atoms with Gasteiger partial charge in [-0.1, -0.05) is 49.9 Å². The number of halogens is 1. The zero-order chi connectivity index (χ0) is 24.2. The van der Waals surface area contributed by atoms with Crippen molar-refractivity contribution >= 4 is 28.6 Å². The molecule has 34 heavy (non-hydrogen) atoms. The molecule has 0 saturated heterocycles. The third-order valence-corrected chi connectivity index (χ3v) is 6.39. The molecule has 4 aromatic rings. The predicted octanol–water partition coefficient (Wildman–Crippen LogP) is 4.09. The zero-order valence-corrected chi connectivity index (χ0v) is 19.9. The summed E-state index contributed by atoms with van der Waals surface area (Å²) in [5, 5.41) is 12.8. The normalized spacial score (nSPS) is 12.3. The quantitative estimate of drug-likeness (QED) is 0.368. The number of amides is 1. The van der Waals surface area contributed by atoms with E-state index in [4.69, 9.17) is 0 Å². The molecule has 0 bridgehead atoms. The summed E-state index contributed by atoms with van der Waals surface area (Å²) in [6, 6.07) is 12.6. The van der Waals surface area contributed by atoms with Crippen LogP contribution in [0.15, 0.2) is 58.5 Å². The van der Waals surface area contributed by atoms with Gasteiger partial charge in [-0.2, -0.15) is 0 Å². The standard InChI is InChI=1S/C24H25FN6O2S/c1-4-31-21(20(14(2)3)28-22(32)15-9-5-7-11-17(15)25)29-30-24(31)34-13-19-26-18-12-8-6-10-16(18)23(33)27-19/h5-12,14,20H,4,13H2,1-3H3,(H,28,32)(H,26,27,33). The summed E-state index contributed by atoms with van der Waals surface area (Å²) >= 11 is 1.39. The first-order valence-corrected chi connectivity index (χ1v) is 12.0. The van der Waals surface area contributed by atoms with Gasteiger partial charge < -0.3 is 14.9 Å². The first kappa shape index (κ1) is 23.6. The van der Waals surface area contributed by atoms with Crippen LogP contribution in [0.2, 0.25) is 0 Å². The number of aromatic nitrogens is 5. The molecule has 10 heteroatoms. The van der Waals surface area contributed by atoms with Crippen molar-refractivity contribution in [2.24, 2.45) is 5.92 Å². The average molecular weight is 481 g/mol. The van der Waals surface area contributed by atoms with E-state index < -0.39 is 17.8 Å². The predicted molar refractivity (Wildman–Crippen MR) is 129 cm³/mol. The van der Waals surface area contributed by atoms with Gasteiger partial charge in [0, 0.05) is 6.54 Å². The first-order valence-electron chi connectivity index (χ1n) is 11.0. The van der Waals surface area contributed by atoms with Crippen LogP contribution in [0.5, 0.6) is 0 Å². The molecule has 0 aliphatic carbocycles. The van der Waals surface area contributed by atoms with Gasteiger partial charge in [0.05, 0.1) is 28.3 Å². The summed E-state index contributed by atoms with van der Waals surface area (Å²) in [7, 11) is 0. The number of fused-ring (bicyclic) bond motifs is 1. The lowest BCUT2D eigenvalue weighted by molar-refractivity contribution is 0.0917. The number of aromatic amines is 1. The Labute approximate surface area is 200 Å². The lowest BCUT2D eigenvalue weighted by atomic mass is 10.0. The van der Waals surface area contributed by atoms with Crippen LogP contribution >= 0.6 is 11.8 Å². The van der Waals surface area contributed by atoms with Crippen molar-refractivity contribution in [1.82, 2.24) is 30.0 Å². The van der Waals surface area contributed by atoms with Gasteiger partial charge in [-0.05, 0) is 37.1 Å². The first-order chi connectivity index (χ1) is 16.4. The molecule has 2 aromatic carbocycles. The minimum absolute atomic E-state index is 0.0124. The molecule has 0 spiro atoms. The van der Waals surface area contributed by atoms with Crippen molar-refractivity contribution in [3.63, 3.8) is 0 Å². The van der Waals surface area contributed by atoms with Gasteiger partial charge in [0.25, 0.3) is 11.5 Å². The lowest BCUT2D eigenvalue weighted by Gasteiger charge is -2.22. The SMILES string of the molecule is CCn1c(SCc2nc3ccccc3c(=O)[nH]2)nnc1C(NC(=O)c1ccccc1F)C(C)C. The van der Waals surface area contributed by atoms with Crippen molar-refractivity contribution in [1.29, 1.82) is 0 Å². The van der Waals surface area contributed by atoms with Crippen LogP contribution in [0.1, 0.15) is 48.8 Å². The van der Waals surface area contributed by atoms with Crippen LogP contribution in [0.25, 0.3) is 10.9 Å². The summed E-state index contributed by atoms with van der Waals surface area (Å²) in [4.78, 5) is 32.4. The zero-order valence-electron chi connectivity index (χ0n) is 19.1. The van der Waals surface area contributed by atoms with Gasteiger partial charge in [-0.25, -0.2) is 9.37 Å². The molecule has 0 aliphatic heterocycles. The number of carbonyl (C=O) groups excluding carboxylic acids is 1. The number of thioether (sulfide) groups is 1. The van der Waals surface area contributed by atoms with E-state index in [1.807, 2.05) is 31.4 Å². The van der Waals surface area contributed by atoms with Crippen LogP contribution in [-0.2, 0) is 12.3 Å². The fraction of sp³-hybridized carbons (Fsp3) is 0.292. The number of hydrogen-bond acceptors (Lipinski definition) is 6. The Morgan fingerprint density at radius 1 is 1.15 bits per heavy atom. The summed E-state index contributed by atoms with van der Waals surface area (Å²) in [5.41, 5.74) is 0.432. The van der Waals surface area contributed by atoms with Crippen molar-refractivity contribution in [3.8, 4) is 0 Å². The molecule has 0 saturated carbocycles. The Kier molecular flexibility index (Phi) is 7.06. The number of hydrogen-bond donors (Lipinski definition) is 2. The molecule has 0 aliphatic rings. The molecular formula is C24H25FN6O2S. The molecule has 1 unspecified atom stereocenters. The van der Waals surface area contributed by atoms with Crippen LogP contribution in [0.4, 0.5) is 4.39 Å². The van der Waals surface area contributed by atoms with Gasteiger partial charge in [0.1, 0.15) is 11.6 Å². The van der Waals surface area contributed by atoms with Crippen LogP contribution < -0.4 is 10.9 Å². The molecule has 0 radical (unpaired) electrons. The molecule has 2 aromatic heterocycles. The Hall–Kier alpha value is -3.53. The van der Waals surface area contributed by atoms with E-state index in [9.17, 15) is 14.0 Å². The average Bonchev–Trinajstić information content (AvgIpc) is 3.23. The number of para-hydroxylation sites is 1. The van der Waals surface area contributed by atoms with Crippen molar-refractivity contribution in [2.75, 3.05) is 0 Å². The third kappa shape index (κ3) is 4.86. The maximum Gasteiger partial charge on any atom is 0.258 e. The van der Waals surface area contributed by atoms with Gasteiger partial charge in [-0.15, -0.1) is 10.2 Å². The van der Waals surface area contributed by atoms with Crippen molar-refractivity contribution < 1.29 is 9.18 Å². The highest BCUT2D eigenvalue weighted by Gasteiger charge is 2.27. The molecule has 0 fully saturated rings. The van der Waals surface area contributed by atoms with Crippen molar-refractivity contribution in [3.05, 3.63) is 81.9 Å². The maximum absolute atomic E-state index is 14.1. The fourth-order valence-electron chi connectivity index (χ4n) is 3.66. The molecule has 4 rings (SSSR count). The molecule has 1 atom stereocenters. The highest BCUT2D eigenvalue weighted by molar-refractivity contribution is 7.98. The fourth-order valence-corrected chi connectivity index (χ4v) is 4.54. The second-order valence-corrected chi connectivity index (χ2v) is 9.02. The second kappa shape index (κ2) is 10.2. The lowest BCUT2D eigenvalue weighted by Crippen LogP contribution is -2.34. The number of H-pyrrole nitrogens is 1. The number of rotatable bonds is 8. The summed E-state index contributed by atoms with van der Waals surface area (Å²) < 4.78 is 16.0. The molecule has 1 amide bonds. The smallest absolute Gasteiger partial charge is 0.258 e. The Morgan fingerprint density at radius 3 is 2.62 bits per heavy atom. The minimum atomic E-state index is -0.576. The molecule has 176 valence electrons. The highest BCUT2D eigenvalue weighted by Crippen LogP contribution is 2.27. The number of carbonyl (C=O) groups is 1. The largest absolute Gasteiger partial charge is 0.342 e. The number of nitrogens with one attached hydrogen (secondary N) is 2. The Balaban J connectivity index is 1.56. The van der Waals surface area contributed by atoms with E-state index in [1.165, 1.54) is 23.9 Å². The van der Waals surface area contributed by atoms with E-state index >= 15 is 0 Å². The molecule has 8 nitrogen and oxygen atoms in total. The summed E-state index contributed by atoms with van der Waals surface area (Å²) in [6.07, 6.45) is 0. The summed E-state index contributed by atoms with van der Waals surface area (Å²) in [6.45, 7) is 6.45. The number of benzene rings is 2. The van der Waals surface area contributed by atoms with Gasteiger partial charge in [0.15, 0.2) is 11.0 Å².